The van der Waals surface area contributed by atoms with Gasteiger partial charge in [0.15, 0.2) is 0 Å². The molecule has 3 unspecified atom stereocenters. The quantitative estimate of drug-likeness (QED) is 0.103. The van der Waals surface area contributed by atoms with Crippen LogP contribution in [0.2, 0.25) is 0 Å². The summed E-state index contributed by atoms with van der Waals surface area (Å²) >= 11 is 0. The number of nitrogens with one attached hydrogen (secondary N) is 2. The van der Waals surface area contributed by atoms with Crippen LogP contribution in [0.25, 0.3) is 0 Å². The SMILES string of the molecule is COCCOCCOCC(C)(C)OC(=O)NC(Cc1ccccc1)C(O)CC(Cc1ccc(OCCN2CCOCC2)cc1)C(=O)N[C@H]1c2ccccc2C[C@@H]1O. The van der Waals surface area contributed by atoms with Gasteiger partial charge < -0.3 is 49.3 Å². The van der Waals surface area contributed by atoms with Gasteiger partial charge in [0.2, 0.25) is 5.91 Å². The summed E-state index contributed by atoms with van der Waals surface area (Å²) in [6, 6.07) is 23.5. The molecule has 4 N–H and O–H groups in total. The van der Waals surface area contributed by atoms with Gasteiger partial charge in [0.1, 0.15) is 18.0 Å². The van der Waals surface area contributed by atoms with Gasteiger partial charge in [-0.05, 0) is 67.5 Å². The summed E-state index contributed by atoms with van der Waals surface area (Å²) in [7, 11) is 1.61. The number of nitrogens with zero attached hydrogens (tertiary/aromatic N) is 1. The summed E-state index contributed by atoms with van der Waals surface area (Å²) in [5, 5.41) is 28.9. The number of methoxy groups -OCH3 is 1. The number of aliphatic hydroxyl groups excluding tert-OH is 2. The van der Waals surface area contributed by atoms with Crippen molar-refractivity contribution in [1.29, 1.82) is 0 Å². The lowest BCUT2D eigenvalue weighted by molar-refractivity contribution is -0.127. The van der Waals surface area contributed by atoms with E-state index in [1.807, 2.05) is 78.9 Å². The van der Waals surface area contributed by atoms with Crippen molar-refractivity contribution in [1.82, 2.24) is 15.5 Å². The molecule has 5 atom stereocenters. The van der Waals surface area contributed by atoms with Gasteiger partial charge in [0.25, 0.3) is 0 Å². The van der Waals surface area contributed by atoms with E-state index >= 15 is 0 Å². The van der Waals surface area contributed by atoms with E-state index in [0.717, 1.165) is 60.9 Å². The summed E-state index contributed by atoms with van der Waals surface area (Å²) in [5.74, 6) is -0.278. The van der Waals surface area contributed by atoms with E-state index in [0.29, 0.717) is 52.3 Å². The molecule has 57 heavy (non-hydrogen) atoms. The maximum atomic E-state index is 14.2. The summed E-state index contributed by atoms with van der Waals surface area (Å²) in [6.07, 6.45) is -1.55. The Morgan fingerprint density at radius 1 is 0.877 bits per heavy atom. The largest absolute Gasteiger partial charge is 0.492 e. The van der Waals surface area contributed by atoms with Crippen molar-refractivity contribution in [3.8, 4) is 5.75 Å². The number of carbonyl (C=O) groups excluding carboxylic acids is 2. The van der Waals surface area contributed by atoms with Crippen LogP contribution in [-0.4, -0.2) is 131 Å². The maximum absolute atomic E-state index is 14.2. The number of hydrogen-bond donors (Lipinski definition) is 4. The van der Waals surface area contributed by atoms with Crippen molar-refractivity contribution < 1.29 is 48.2 Å². The molecule has 0 saturated carbocycles. The maximum Gasteiger partial charge on any atom is 0.408 e. The van der Waals surface area contributed by atoms with E-state index in [1.165, 1.54) is 0 Å². The molecule has 0 bridgehead atoms. The molecule has 1 heterocycles. The second-order valence-electron chi connectivity index (χ2n) is 15.4. The van der Waals surface area contributed by atoms with Crippen molar-refractivity contribution in [3.05, 3.63) is 101 Å². The summed E-state index contributed by atoms with van der Waals surface area (Å²) in [6.45, 7) is 9.90. The minimum atomic E-state index is -1.14. The normalized spacial score (nSPS) is 18.6. The molecular weight excluding hydrogens is 730 g/mol. The Morgan fingerprint density at radius 3 is 2.32 bits per heavy atom. The van der Waals surface area contributed by atoms with Crippen LogP contribution >= 0.6 is 0 Å². The van der Waals surface area contributed by atoms with Crippen molar-refractivity contribution in [2.75, 3.05) is 79.6 Å². The zero-order chi connectivity index (χ0) is 40.5. The smallest absolute Gasteiger partial charge is 0.408 e. The molecular formula is C44H61N3O10. The van der Waals surface area contributed by atoms with Crippen LogP contribution in [0.5, 0.6) is 5.75 Å². The Kier molecular flexibility index (Phi) is 17.6. The number of ether oxygens (including phenoxy) is 6. The highest BCUT2D eigenvalue weighted by Gasteiger charge is 2.36. The molecule has 1 aliphatic carbocycles. The van der Waals surface area contributed by atoms with E-state index in [-0.39, 0.29) is 18.9 Å². The molecule has 0 spiro atoms. The molecule has 1 fully saturated rings. The average molecular weight is 792 g/mol. The first kappa shape index (κ1) is 44.0. The van der Waals surface area contributed by atoms with Crippen molar-refractivity contribution in [2.24, 2.45) is 5.92 Å². The number of amides is 2. The van der Waals surface area contributed by atoms with Gasteiger partial charge in [-0.2, -0.15) is 0 Å². The number of hydrogen-bond acceptors (Lipinski definition) is 11. The lowest BCUT2D eigenvalue weighted by Crippen LogP contribution is -2.49. The Morgan fingerprint density at radius 2 is 1.56 bits per heavy atom. The molecule has 0 radical (unpaired) electrons. The van der Waals surface area contributed by atoms with Crippen molar-refractivity contribution in [3.63, 3.8) is 0 Å². The van der Waals surface area contributed by atoms with Gasteiger partial charge in [0.05, 0.1) is 70.5 Å². The third-order valence-corrected chi connectivity index (χ3v) is 10.3. The van der Waals surface area contributed by atoms with Crippen LogP contribution < -0.4 is 15.4 Å². The van der Waals surface area contributed by atoms with Crippen LogP contribution in [-0.2, 0) is 47.7 Å². The molecule has 13 heteroatoms. The molecule has 5 rings (SSSR count). The predicted octanol–water partition coefficient (Wildman–Crippen LogP) is 3.88. The second kappa shape index (κ2) is 22.8. The number of morpholine rings is 1. The van der Waals surface area contributed by atoms with Crippen LogP contribution in [0, 0.1) is 5.92 Å². The van der Waals surface area contributed by atoms with Gasteiger partial charge in [0, 0.05) is 39.1 Å². The number of benzene rings is 3. The number of carbonyl (C=O) groups is 2. The highest BCUT2D eigenvalue weighted by atomic mass is 16.6. The Hall–Kier alpha value is -4.08. The zero-order valence-electron chi connectivity index (χ0n) is 33.6. The number of aliphatic hydroxyl groups is 2. The number of alkyl carbamates (subject to hydrolysis) is 1. The molecule has 13 nitrogen and oxygen atoms in total. The van der Waals surface area contributed by atoms with Crippen LogP contribution in [0.3, 0.4) is 0 Å². The molecule has 2 aliphatic rings. The van der Waals surface area contributed by atoms with Gasteiger partial charge in [-0.3, -0.25) is 9.69 Å². The van der Waals surface area contributed by atoms with Gasteiger partial charge in [-0.25, -0.2) is 4.79 Å². The minimum absolute atomic E-state index is 0.0292. The fourth-order valence-corrected chi connectivity index (χ4v) is 7.17. The first-order valence-electron chi connectivity index (χ1n) is 20.0. The standard InChI is InChI=1S/C44H61N3O10/c1-44(2,31-55-26-25-54-24-23-52-3)57-43(51)45-38(28-32-9-5-4-6-10-32)39(48)30-35(42(50)46-41-37-12-8-7-11-34(37)29-40(41)49)27-33-13-15-36(16-14-33)56-22-19-47-17-20-53-21-18-47/h4-16,35,38-41,48-49H,17-31H2,1-3H3,(H,45,51)(H,46,50)/t35?,38?,39?,40-,41-/m0/s1. The number of rotatable bonds is 23. The van der Waals surface area contributed by atoms with E-state index in [9.17, 15) is 19.8 Å². The first-order valence-corrected chi connectivity index (χ1v) is 20.0. The zero-order valence-corrected chi connectivity index (χ0v) is 33.6. The molecule has 3 aromatic carbocycles. The molecule has 1 saturated heterocycles. The second-order valence-corrected chi connectivity index (χ2v) is 15.4. The minimum Gasteiger partial charge on any atom is -0.492 e. The fraction of sp³-hybridized carbons (Fsp3) is 0.545. The Labute approximate surface area is 336 Å². The lowest BCUT2D eigenvalue weighted by Gasteiger charge is -2.30. The monoisotopic (exact) mass is 791 g/mol. The summed E-state index contributed by atoms with van der Waals surface area (Å²) < 4.78 is 33.4. The van der Waals surface area contributed by atoms with E-state index in [1.54, 1.807) is 21.0 Å². The fourth-order valence-electron chi connectivity index (χ4n) is 7.17. The molecule has 0 aromatic heterocycles. The molecule has 2 amide bonds. The van der Waals surface area contributed by atoms with E-state index < -0.39 is 41.9 Å². The van der Waals surface area contributed by atoms with Crippen LogP contribution in [0.1, 0.15) is 48.6 Å². The van der Waals surface area contributed by atoms with E-state index in [4.69, 9.17) is 28.4 Å². The van der Waals surface area contributed by atoms with Crippen LogP contribution in [0.15, 0.2) is 78.9 Å². The topological polar surface area (TPSA) is 157 Å². The molecule has 312 valence electrons. The summed E-state index contributed by atoms with van der Waals surface area (Å²) in [4.78, 5) is 29.9. The van der Waals surface area contributed by atoms with Gasteiger partial charge in [-0.1, -0.05) is 66.7 Å². The van der Waals surface area contributed by atoms with Crippen molar-refractivity contribution in [2.45, 2.75) is 69.4 Å². The van der Waals surface area contributed by atoms with Gasteiger partial charge in [-0.15, -0.1) is 0 Å². The average Bonchev–Trinajstić information content (AvgIpc) is 3.52. The molecule has 1 aliphatic heterocycles. The van der Waals surface area contributed by atoms with Crippen molar-refractivity contribution >= 4 is 12.0 Å². The van der Waals surface area contributed by atoms with Gasteiger partial charge >= 0.3 is 6.09 Å². The molecule has 3 aromatic rings. The summed E-state index contributed by atoms with van der Waals surface area (Å²) in [5.41, 5.74) is 2.68. The number of fused-ring (bicyclic) bond motifs is 1. The predicted molar refractivity (Wildman–Crippen MR) is 215 cm³/mol. The first-order chi connectivity index (χ1) is 27.6. The third kappa shape index (κ3) is 14.7. The highest BCUT2D eigenvalue weighted by Crippen LogP contribution is 2.32. The third-order valence-electron chi connectivity index (χ3n) is 10.3. The highest BCUT2D eigenvalue weighted by molar-refractivity contribution is 5.80. The Balaban J connectivity index is 1.26. The lowest BCUT2D eigenvalue weighted by atomic mass is 9.88. The Bertz CT molecular complexity index is 1640. The van der Waals surface area contributed by atoms with E-state index in [2.05, 4.69) is 15.5 Å². The van der Waals surface area contributed by atoms with Crippen LogP contribution in [0.4, 0.5) is 4.79 Å².